The van der Waals surface area contributed by atoms with Gasteiger partial charge in [0.25, 0.3) is 0 Å². The molecule has 1 aromatic rings. The van der Waals surface area contributed by atoms with E-state index in [-0.39, 0.29) is 0 Å². The van der Waals surface area contributed by atoms with E-state index in [1.54, 1.807) is 7.11 Å². The number of halogens is 1. The number of methoxy groups -OCH3 is 1. The molecular weight excluding hydrogens is 226 g/mol. The van der Waals surface area contributed by atoms with E-state index >= 15 is 0 Å². The first-order valence-corrected chi connectivity index (χ1v) is 5.94. The average Bonchev–Trinajstić information content (AvgIpc) is 2.77. The molecule has 1 unspecified atom stereocenters. The predicted molar refractivity (Wildman–Crippen MR) is 64.0 cm³/mol. The summed E-state index contributed by atoms with van der Waals surface area (Å²) in [5, 5.41) is 0. The van der Waals surface area contributed by atoms with Crippen LogP contribution in [-0.4, -0.2) is 36.3 Å². The first-order valence-electron chi connectivity index (χ1n) is 5.41. The van der Waals surface area contributed by atoms with Crippen LogP contribution in [0.4, 0.5) is 5.95 Å². The summed E-state index contributed by atoms with van der Waals surface area (Å²) in [5.41, 5.74) is 1.95. The number of aryl methyl sites for hydroxylation is 1. The van der Waals surface area contributed by atoms with Crippen LogP contribution < -0.4 is 4.90 Å². The van der Waals surface area contributed by atoms with E-state index in [0.29, 0.717) is 12.0 Å². The molecule has 16 heavy (non-hydrogen) atoms. The van der Waals surface area contributed by atoms with Gasteiger partial charge in [0.1, 0.15) is 0 Å². The standard InChI is InChI=1S/C11H16ClN3O/c1-8-9(5-12)6-13-11(14-8)15-4-3-10(7-15)16-2/h6,10H,3-5,7H2,1-2H3. The Labute approximate surface area is 101 Å². The molecule has 88 valence electrons. The second kappa shape index (κ2) is 4.97. The summed E-state index contributed by atoms with van der Waals surface area (Å²) in [5.74, 6) is 1.25. The molecule has 0 aliphatic carbocycles. The van der Waals surface area contributed by atoms with Crippen molar-refractivity contribution in [3.63, 3.8) is 0 Å². The summed E-state index contributed by atoms with van der Waals surface area (Å²) in [7, 11) is 1.75. The normalized spacial score (nSPS) is 20.4. The van der Waals surface area contributed by atoms with Gasteiger partial charge < -0.3 is 9.64 Å². The third-order valence-corrected chi connectivity index (χ3v) is 3.26. The molecule has 5 heteroatoms. The number of rotatable bonds is 3. The third-order valence-electron chi connectivity index (χ3n) is 2.97. The minimum absolute atomic E-state index is 0.302. The average molecular weight is 242 g/mol. The Morgan fingerprint density at radius 1 is 1.62 bits per heavy atom. The maximum absolute atomic E-state index is 5.78. The van der Waals surface area contributed by atoms with Crippen molar-refractivity contribution in [1.82, 2.24) is 9.97 Å². The molecule has 0 bridgehead atoms. The van der Waals surface area contributed by atoms with Gasteiger partial charge in [-0.25, -0.2) is 9.97 Å². The molecule has 0 radical (unpaired) electrons. The molecular formula is C11H16ClN3O. The predicted octanol–water partition coefficient (Wildman–Crippen LogP) is 1.75. The van der Waals surface area contributed by atoms with Crippen molar-refractivity contribution >= 4 is 17.5 Å². The summed E-state index contributed by atoms with van der Waals surface area (Å²) >= 11 is 5.78. The minimum atomic E-state index is 0.302. The Morgan fingerprint density at radius 3 is 3.00 bits per heavy atom. The lowest BCUT2D eigenvalue weighted by Crippen LogP contribution is -2.24. The SMILES string of the molecule is COC1CCN(c2ncc(CCl)c(C)n2)C1. The van der Waals surface area contributed by atoms with Gasteiger partial charge in [-0.3, -0.25) is 0 Å². The lowest BCUT2D eigenvalue weighted by molar-refractivity contribution is 0.121. The van der Waals surface area contributed by atoms with Crippen molar-refractivity contribution < 1.29 is 4.74 Å². The maximum atomic E-state index is 5.78. The van der Waals surface area contributed by atoms with Crippen LogP contribution in [0.25, 0.3) is 0 Å². The van der Waals surface area contributed by atoms with E-state index in [1.807, 2.05) is 13.1 Å². The fourth-order valence-electron chi connectivity index (χ4n) is 1.87. The van der Waals surface area contributed by atoms with E-state index in [1.165, 1.54) is 0 Å². The molecule has 0 aromatic carbocycles. The first kappa shape index (κ1) is 11.6. The van der Waals surface area contributed by atoms with Gasteiger partial charge in [0.05, 0.1) is 12.0 Å². The monoisotopic (exact) mass is 241 g/mol. The molecule has 0 spiro atoms. The minimum Gasteiger partial charge on any atom is -0.380 e. The first-order chi connectivity index (χ1) is 7.74. The zero-order valence-electron chi connectivity index (χ0n) is 9.61. The van der Waals surface area contributed by atoms with Crippen LogP contribution in [0.1, 0.15) is 17.7 Å². The summed E-state index contributed by atoms with van der Waals surface area (Å²) < 4.78 is 5.32. The van der Waals surface area contributed by atoms with E-state index in [4.69, 9.17) is 16.3 Å². The van der Waals surface area contributed by atoms with Crippen molar-refractivity contribution in [3.8, 4) is 0 Å². The van der Waals surface area contributed by atoms with Crippen LogP contribution in [0, 0.1) is 6.92 Å². The summed E-state index contributed by atoms with van der Waals surface area (Å²) in [6.45, 7) is 3.79. The summed E-state index contributed by atoms with van der Waals surface area (Å²) in [6.07, 6.45) is 3.15. The zero-order chi connectivity index (χ0) is 11.5. The van der Waals surface area contributed by atoms with E-state index < -0.39 is 0 Å². The van der Waals surface area contributed by atoms with Gasteiger partial charge in [-0.15, -0.1) is 11.6 Å². The van der Waals surface area contributed by atoms with Gasteiger partial charge in [-0.05, 0) is 13.3 Å². The fourth-order valence-corrected chi connectivity index (χ4v) is 2.13. The number of alkyl halides is 1. The van der Waals surface area contributed by atoms with Crippen molar-refractivity contribution in [2.24, 2.45) is 0 Å². The van der Waals surface area contributed by atoms with E-state index in [9.17, 15) is 0 Å². The Morgan fingerprint density at radius 2 is 2.44 bits per heavy atom. The molecule has 1 atom stereocenters. The van der Waals surface area contributed by atoms with E-state index in [2.05, 4.69) is 14.9 Å². The molecule has 0 N–H and O–H groups in total. The van der Waals surface area contributed by atoms with Gasteiger partial charge in [-0.2, -0.15) is 0 Å². The van der Waals surface area contributed by atoms with Crippen LogP contribution in [-0.2, 0) is 10.6 Å². The molecule has 1 aromatic heterocycles. The highest BCUT2D eigenvalue weighted by Gasteiger charge is 2.24. The van der Waals surface area contributed by atoms with Crippen LogP contribution in [0.15, 0.2) is 6.20 Å². The van der Waals surface area contributed by atoms with Crippen LogP contribution in [0.2, 0.25) is 0 Å². The fraction of sp³-hybridized carbons (Fsp3) is 0.636. The van der Waals surface area contributed by atoms with Gasteiger partial charge in [-0.1, -0.05) is 0 Å². The molecule has 1 aliphatic rings. The van der Waals surface area contributed by atoms with Crippen LogP contribution in [0.3, 0.4) is 0 Å². The number of hydrogen-bond donors (Lipinski definition) is 0. The summed E-state index contributed by atoms with van der Waals surface area (Å²) in [6, 6.07) is 0. The Kier molecular flexibility index (Phi) is 3.61. The molecule has 1 aliphatic heterocycles. The van der Waals surface area contributed by atoms with Crippen LogP contribution in [0.5, 0.6) is 0 Å². The smallest absolute Gasteiger partial charge is 0.225 e. The highest BCUT2D eigenvalue weighted by Crippen LogP contribution is 2.19. The van der Waals surface area contributed by atoms with Gasteiger partial charge >= 0.3 is 0 Å². The van der Waals surface area contributed by atoms with Crippen molar-refractivity contribution in [3.05, 3.63) is 17.5 Å². The second-order valence-electron chi connectivity index (χ2n) is 4.01. The second-order valence-corrected chi connectivity index (χ2v) is 4.27. The van der Waals surface area contributed by atoms with Gasteiger partial charge in [0.15, 0.2) is 0 Å². The highest BCUT2D eigenvalue weighted by molar-refractivity contribution is 6.17. The Balaban J connectivity index is 2.13. The van der Waals surface area contributed by atoms with Crippen LogP contribution >= 0.6 is 11.6 Å². The summed E-state index contributed by atoms with van der Waals surface area (Å²) in [4.78, 5) is 11.0. The molecule has 2 heterocycles. The lowest BCUT2D eigenvalue weighted by atomic mass is 10.3. The number of ether oxygens (including phenoxy) is 1. The van der Waals surface area contributed by atoms with Crippen molar-refractivity contribution in [1.29, 1.82) is 0 Å². The zero-order valence-corrected chi connectivity index (χ0v) is 10.4. The number of aromatic nitrogens is 2. The van der Waals surface area contributed by atoms with Gasteiger partial charge in [0, 0.05) is 37.7 Å². The molecule has 2 rings (SSSR count). The highest BCUT2D eigenvalue weighted by atomic mass is 35.5. The number of nitrogens with zero attached hydrogens (tertiary/aromatic N) is 3. The van der Waals surface area contributed by atoms with Crippen molar-refractivity contribution in [2.45, 2.75) is 25.3 Å². The molecule has 0 saturated carbocycles. The Hall–Kier alpha value is -0.870. The van der Waals surface area contributed by atoms with E-state index in [0.717, 1.165) is 36.7 Å². The number of anilines is 1. The van der Waals surface area contributed by atoms with Crippen molar-refractivity contribution in [2.75, 3.05) is 25.1 Å². The Bertz CT molecular complexity index is 372. The van der Waals surface area contributed by atoms with Gasteiger partial charge in [0.2, 0.25) is 5.95 Å². The lowest BCUT2D eigenvalue weighted by Gasteiger charge is -2.16. The molecule has 1 fully saturated rings. The number of hydrogen-bond acceptors (Lipinski definition) is 4. The largest absolute Gasteiger partial charge is 0.380 e. The molecule has 1 saturated heterocycles. The molecule has 0 amide bonds. The quantitative estimate of drug-likeness (QED) is 0.756. The third kappa shape index (κ3) is 2.28. The topological polar surface area (TPSA) is 38.2 Å². The maximum Gasteiger partial charge on any atom is 0.225 e. The molecule has 4 nitrogen and oxygen atoms in total.